The highest BCUT2D eigenvalue weighted by molar-refractivity contribution is 4.91. The van der Waals surface area contributed by atoms with Gasteiger partial charge in [0.2, 0.25) is 0 Å². The summed E-state index contributed by atoms with van der Waals surface area (Å²) in [5, 5.41) is 3.60. The molecule has 0 bridgehead atoms. The van der Waals surface area contributed by atoms with Crippen LogP contribution >= 0.6 is 0 Å². The van der Waals surface area contributed by atoms with Crippen molar-refractivity contribution in [3.05, 3.63) is 0 Å². The lowest BCUT2D eigenvalue weighted by Gasteiger charge is -2.41. The minimum atomic E-state index is 0.740. The molecule has 1 aliphatic heterocycles. The summed E-state index contributed by atoms with van der Waals surface area (Å²) >= 11 is 0. The van der Waals surface area contributed by atoms with Gasteiger partial charge in [-0.05, 0) is 39.8 Å². The van der Waals surface area contributed by atoms with E-state index in [0.29, 0.717) is 0 Å². The standard InChI is InChI=1S/C13H27N3/c1-4-14-12-5-6-13(9-12)16-8-7-15(3)10-11(16)2/h11-14H,4-10H2,1-3H3. The molecule has 94 valence electrons. The van der Waals surface area contributed by atoms with Gasteiger partial charge in [-0.3, -0.25) is 4.90 Å². The SMILES string of the molecule is CCNC1CCC(N2CCN(C)CC2C)C1. The van der Waals surface area contributed by atoms with E-state index < -0.39 is 0 Å². The summed E-state index contributed by atoms with van der Waals surface area (Å²) in [4.78, 5) is 5.20. The molecular weight excluding hydrogens is 198 g/mol. The van der Waals surface area contributed by atoms with E-state index in [-0.39, 0.29) is 0 Å². The Labute approximate surface area is 100 Å². The van der Waals surface area contributed by atoms with Crippen LogP contribution in [0.15, 0.2) is 0 Å². The third kappa shape index (κ3) is 2.76. The number of nitrogens with zero attached hydrogens (tertiary/aromatic N) is 2. The van der Waals surface area contributed by atoms with Crippen molar-refractivity contribution in [2.45, 2.75) is 51.2 Å². The Hall–Kier alpha value is -0.120. The van der Waals surface area contributed by atoms with Crippen molar-refractivity contribution >= 4 is 0 Å². The fourth-order valence-electron chi connectivity index (χ4n) is 3.43. The molecule has 3 atom stereocenters. The molecule has 1 saturated heterocycles. The first kappa shape index (κ1) is 12.3. The van der Waals surface area contributed by atoms with Gasteiger partial charge in [-0.15, -0.1) is 0 Å². The summed E-state index contributed by atoms with van der Waals surface area (Å²) in [5.41, 5.74) is 0. The number of piperazine rings is 1. The fourth-order valence-corrected chi connectivity index (χ4v) is 3.43. The maximum absolute atomic E-state index is 3.60. The van der Waals surface area contributed by atoms with E-state index in [0.717, 1.165) is 24.7 Å². The molecule has 0 spiro atoms. The molecule has 3 heteroatoms. The van der Waals surface area contributed by atoms with Crippen LogP contribution in [-0.2, 0) is 0 Å². The number of hydrogen-bond acceptors (Lipinski definition) is 3. The molecule has 0 aromatic rings. The molecule has 2 fully saturated rings. The molecular formula is C13H27N3. The highest BCUT2D eigenvalue weighted by atomic mass is 15.3. The summed E-state index contributed by atoms with van der Waals surface area (Å²) in [5.74, 6) is 0. The summed E-state index contributed by atoms with van der Waals surface area (Å²) in [6.07, 6.45) is 4.13. The van der Waals surface area contributed by atoms with Gasteiger partial charge in [-0.25, -0.2) is 0 Å². The first-order chi connectivity index (χ1) is 7.70. The second-order valence-corrected chi connectivity index (χ2v) is 5.57. The molecule has 1 saturated carbocycles. The maximum atomic E-state index is 3.60. The van der Waals surface area contributed by atoms with Crippen LogP contribution < -0.4 is 5.32 Å². The van der Waals surface area contributed by atoms with Gasteiger partial charge in [0.1, 0.15) is 0 Å². The molecule has 0 aromatic carbocycles. The predicted octanol–water partition coefficient (Wildman–Crippen LogP) is 1.15. The smallest absolute Gasteiger partial charge is 0.0198 e. The number of rotatable bonds is 3. The highest BCUT2D eigenvalue weighted by Gasteiger charge is 2.33. The van der Waals surface area contributed by atoms with Crippen LogP contribution in [0.3, 0.4) is 0 Å². The quantitative estimate of drug-likeness (QED) is 0.777. The van der Waals surface area contributed by atoms with Gasteiger partial charge >= 0.3 is 0 Å². The summed E-state index contributed by atoms with van der Waals surface area (Å²) < 4.78 is 0. The zero-order chi connectivity index (χ0) is 11.5. The van der Waals surface area contributed by atoms with Crippen LogP contribution in [-0.4, -0.2) is 61.2 Å². The van der Waals surface area contributed by atoms with Gasteiger partial charge in [0, 0.05) is 37.8 Å². The Morgan fingerprint density at radius 2 is 2.06 bits per heavy atom. The van der Waals surface area contributed by atoms with Crippen LogP contribution in [0.5, 0.6) is 0 Å². The van der Waals surface area contributed by atoms with E-state index in [9.17, 15) is 0 Å². The van der Waals surface area contributed by atoms with Crippen LogP contribution in [0.4, 0.5) is 0 Å². The van der Waals surface area contributed by atoms with Crippen molar-refractivity contribution in [3.63, 3.8) is 0 Å². The molecule has 0 aromatic heterocycles. The Kier molecular flexibility index (Phi) is 4.22. The van der Waals surface area contributed by atoms with Gasteiger partial charge in [0.25, 0.3) is 0 Å². The lowest BCUT2D eigenvalue weighted by molar-refractivity contribution is 0.0625. The lowest BCUT2D eigenvalue weighted by Crippen LogP contribution is -2.54. The van der Waals surface area contributed by atoms with Crippen molar-refractivity contribution in [2.75, 3.05) is 33.2 Å². The van der Waals surface area contributed by atoms with Gasteiger partial charge in [0.05, 0.1) is 0 Å². The van der Waals surface area contributed by atoms with Gasteiger partial charge in [-0.2, -0.15) is 0 Å². The predicted molar refractivity (Wildman–Crippen MR) is 68.8 cm³/mol. The largest absolute Gasteiger partial charge is 0.314 e. The van der Waals surface area contributed by atoms with Crippen molar-refractivity contribution in [1.29, 1.82) is 0 Å². The maximum Gasteiger partial charge on any atom is 0.0198 e. The second kappa shape index (κ2) is 5.48. The van der Waals surface area contributed by atoms with E-state index >= 15 is 0 Å². The van der Waals surface area contributed by atoms with Crippen LogP contribution in [0.25, 0.3) is 0 Å². The lowest BCUT2D eigenvalue weighted by atomic mass is 10.1. The zero-order valence-corrected chi connectivity index (χ0v) is 11.1. The fraction of sp³-hybridized carbons (Fsp3) is 1.00. The minimum absolute atomic E-state index is 0.740. The molecule has 1 heterocycles. The van der Waals surface area contributed by atoms with E-state index in [1.807, 2.05) is 0 Å². The molecule has 1 aliphatic carbocycles. The Bertz CT molecular complexity index is 219. The molecule has 16 heavy (non-hydrogen) atoms. The highest BCUT2D eigenvalue weighted by Crippen LogP contribution is 2.27. The zero-order valence-electron chi connectivity index (χ0n) is 11.1. The first-order valence-corrected chi connectivity index (χ1v) is 6.88. The monoisotopic (exact) mass is 225 g/mol. The first-order valence-electron chi connectivity index (χ1n) is 6.88. The van der Waals surface area contributed by atoms with E-state index in [1.165, 1.54) is 38.9 Å². The van der Waals surface area contributed by atoms with Crippen LogP contribution in [0, 0.1) is 0 Å². The van der Waals surface area contributed by atoms with Crippen molar-refractivity contribution in [3.8, 4) is 0 Å². The third-order valence-electron chi connectivity index (χ3n) is 4.25. The van der Waals surface area contributed by atoms with E-state index in [4.69, 9.17) is 0 Å². The molecule has 1 N–H and O–H groups in total. The molecule has 3 nitrogen and oxygen atoms in total. The molecule has 2 aliphatic rings. The average Bonchev–Trinajstić information content (AvgIpc) is 2.67. The average molecular weight is 225 g/mol. The van der Waals surface area contributed by atoms with Crippen molar-refractivity contribution in [2.24, 2.45) is 0 Å². The topological polar surface area (TPSA) is 18.5 Å². The Balaban J connectivity index is 1.84. The minimum Gasteiger partial charge on any atom is -0.314 e. The normalized spacial score (nSPS) is 38.1. The molecule has 0 amide bonds. The van der Waals surface area contributed by atoms with Crippen molar-refractivity contribution < 1.29 is 0 Å². The third-order valence-corrected chi connectivity index (χ3v) is 4.25. The van der Waals surface area contributed by atoms with Crippen LogP contribution in [0.1, 0.15) is 33.1 Å². The van der Waals surface area contributed by atoms with Gasteiger partial charge in [0.15, 0.2) is 0 Å². The number of nitrogens with one attached hydrogen (secondary N) is 1. The summed E-state index contributed by atoms with van der Waals surface area (Å²) in [6, 6.07) is 2.36. The summed E-state index contributed by atoms with van der Waals surface area (Å²) in [7, 11) is 2.24. The van der Waals surface area contributed by atoms with Crippen molar-refractivity contribution in [1.82, 2.24) is 15.1 Å². The Morgan fingerprint density at radius 1 is 1.25 bits per heavy atom. The molecule has 0 radical (unpaired) electrons. The second-order valence-electron chi connectivity index (χ2n) is 5.57. The summed E-state index contributed by atoms with van der Waals surface area (Å²) in [6.45, 7) is 9.47. The van der Waals surface area contributed by atoms with E-state index in [2.05, 4.69) is 36.0 Å². The van der Waals surface area contributed by atoms with E-state index in [1.54, 1.807) is 0 Å². The molecule has 2 rings (SSSR count). The molecule has 3 unspecified atom stereocenters. The number of hydrogen-bond donors (Lipinski definition) is 1. The van der Waals surface area contributed by atoms with Gasteiger partial charge < -0.3 is 10.2 Å². The van der Waals surface area contributed by atoms with Crippen LogP contribution in [0.2, 0.25) is 0 Å². The van der Waals surface area contributed by atoms with Gasteiger partial charge in [-0.1, -0.05) is 6.92 Å². The number of likely N-dealkylation sites (N-methyl/N-ethyl adjacent to an activating group) is 1. The Morgan fingerprint density at radius 3 is 2.75 bits per heavy atom.